The van der Waals surface area contributed by atoms with Gasteiger partial charge in [-0.25, -0.2) is 4.79 Å². The number of rotatable bonds is 4. The first-order valence-electron chi connectivity index (χ1n) is 7.75. The number of urea groups is 1. The summed E-state index contributed by atoms with van der Waals surface area (Å²) in [6.07, 6.45) is 1.44. The number of phenolic OH excluding ortho intramolecular Hbond substituents is 1. The number of phenols is 1. The van der Waals surface area contributed by atoms with Crippen molar-refractivity contribution in [3.8, 4) is 11.5 Å². The van der Waals surface area contributed by atoms with E-state index in [2.05, 4.69) is 5.32 Å². The Kier molecular flexibility index (Phi) is 4.43. The number of carbonyl (C=O) groups excluding carboxylic acids is 2. The van der Waals surface area contributed by atoms with Crippen molar-refractivity contribution in [3.05, 3.63) is 64.9 Å². The van der Waals surface area contributed by atoms with E-state index in [1.165, 1.54) is 13.2 Å². The van der Waals surface area contributed by atoms with Gasteiger partial charge >= 0.3 is 6.03 Å². The molecule has 1 heterocycles. The van der Waals surface area contributed by atoms with E-state index >= 15 is 0 Å². The molecule has 0 bridgehead atoms. The van der Waals surface area contributed by atoms with Gasteiger partial charge in [0.2, 0.25) is 0 Å². The van der Waals surface area contributed by atoms with Crippen molar-refractivity contribution in [1.82, 2.24) is 10.2 Å². The summed E-state index contributed by atoms with van der Waals surface area (Å²) in [5.74, 6) is -0.229. The smallest absolute Gasteiger partial charge is 0.329 e. The molecule has 0 saturated carbocycles. The molecule has 128 valence electrons. The third kappa shape index (κ3) is 3.33. The second-order valence-corrected chi connectivity index (χ2v) is 5.77. The Bertz CT molecular complexity index is 873. The van der Waals surface area contributed by atoms with Crippen LogP contribution >= 0.6 is 0 Å². The molecule has 2 aromatic carbocycles. The summed E-state index contributed by atoms with van der Waals surface area (Å²) >= 11 is 0. The van der Waals surface area contributed by atoms with E-state index in [0.29, 0.717) is 11.3 Å². The SMILES string of the molecule is COc1cccc(/C=C2\NC(=O)N(Cc3cccc(C)c3)C2=O)c1O. The van der Waals surface area contributed by atoms with Gasteiger partial charge in [-0.2, -0.15) is 0 Å². The number of amides is 3. The van der Waals surface area contributed by atoms with Crippen molar-refractivity contribution in [3.63, 3.8) is 0 Å². The first kappa shape index (κ1) is 16.6. The second-order valence-electron chi connectivity index (χ2n) is 5.77. The van der Waals surface area contributed by atoms with Crippen LogP contribution in [0.25, 0.3) is 6.08 Å². The summed E-state index contributed by atoms with van der Waals surface area (Å²) in [4.78, 5) is 25.8. The Morgan fingerprint density at radius 1 is 1.20 bits per heavy atom. The normalized spacial score (nSPS) is 15.6. The zero-order chi connectivity index (χ0) is 18.0. The number of imide groups is 1. The van der Waals surface area contributed by atoms with Crippen molar-refractivity contribution >= 4 is 18.0 Å². The fourth-order valence-electron chi connectivity index (χ4n) is 2.68. The third-order valence-corrected chi connectivity index (χ3v) is 3.94. The number of hydrogen-bond donors (Lipinski definition) is 2. The van der Waals surface area contributed by atoms with E-state index in [0.717, 1.165) is 16.0 Å². The van der Waals surface area contributed by atoms with E-state index in [1.807, 2.05) is 31.2 Å². The van der Waals surface area contributed by atoms with Gasteiger partial charge in [-0.05, 0) is 24.6 Å². The molecule has 0 unspecified atom stereocenters. The van der Waals surface area contributed by atoms with Crippen molar-refractivity contribution in [2.75, 3.05) is 7.11 Å². The highest BCUT2D eigenvalue weighted by atomic mass is 16.5. The van der Waals surface area contributed by atoms with Crippen LogP contribution in [0.2, 0.25) is 0 Å². The van der Waals surface area contributed by atoms with Crippen molar-refractivity contribution in [1.29, 1.82) is 0 Å². The van der Waals surface area contributed by atoms with Crippen molar-refractivity contribution in [2.45, 2.75) is 13.5 Å². The van der Waals surface area contributed by atoms with Gasteiger partial charge in [0.1, 0.15) is 5.70 Å². The van der Waals surface area contributed by atoms with Gasteiger partial charge in [0.15, 0.2) is 11.5 Å². The van der Waals surface area contributed by atoms with E-state index in [4.69, 9.17) is 4.74 Å². The number of benzene rings is 2. The van der Waals surface area contributed by atoms with Gasteiger partial charge in [-0.15, -0.1) is 0 Å². The fraction of sp³-hybridized carbons (Fsp3) is 0.158. The van der Waals surface area contributed by atoms with Gasteiger partial charge in [-0.3, -0.25) is 9.69 Å². The molecule has 2 aromatic rings. The molecule has 0 atom stereocenters. The maximum absolute atomic E-state index is 12.5. The molecule has 25 heavy (non-hydrogen) atoms. The first-order valence-corrected chi connectivity index (χ1v) is 7.75. The molecule has 0 radical (unpaired) electrons. The number of hydrogen-bond acceptors (Lipinski definition) is 4. The van der Waals surface area contributed by atoms with Gasteiger partial charge in [0, 0.05) is 5.56 Å². The molecular formula is C19H18N2O4. The zero-order valence-corrected chi connectivity index (χ0v) is 13.9. The van der Waals surface area contributed by atoms with Crippen LogP contribution in [-0.4, -0.2) is 29.1 Å². The molecular weight excluding hydrogens is 320 g/mol. The second kappa shape index (κ2) is 6.68. The standard InChI is InChI=1S/C19H18N2O4/c1-12-5-3-6-13(9-12)11-21-18(23)15(20-19(21)24)10-14-7-4-8-16(25-2)17(14)22/h3-10,22H,11H2,1-2H3,(H,20,24)/b15-10-. The number of aromatic hydroxyl groups is 1. The van der Waals surface area contributed by atoms with E-state index in [1.54, 1.807) is 18.2 Å². The molecule has 0 spiro atoms. The number of methoxy groups -OCH3 is 1. The number of aryl methyl sites for hydroxylation is 1. The highest BCUT2D eigenvalue weighted by molar-refractivity contribution is 6.14. The average Bonchev–Trinajstić information content (AvgIpc) is 2.84. The minimum atomic E-state index is -0.486. The van der Waals surface area contributed by atoms with Gasteiger partial charge in [0.05, 0.1) is 13.7 Å². The summed E-state index contributed by atoms with van der Waals surface area (Å²) in [5.41, 5.74) is 2.43. The molecule has 2 N–H and O–H groups in total. The number of nitrogens with one attached hydrogen (secondary N) is 1. The number of nitrogens with zero attached hydrogens (tertiary/aromatic N) is 1. The van der Waals surface area contributed by atoms with Gasteiger partial charge < -0.3 is 15.2 Å². The Hall–Kier alpha value is -3.28. The van der Waals surface area contributed by atoms with Crippen LogP contribution in [0.4, 0.5) is 4.79 Å². The lowest BCUT2D eigenvalue weighted by Crippen LogP contribution is -2.30. The van der Waals surface area contributed by atoms with Crippen LogP contribution < -0.4 is 10.1 Å². The highest BCUT2D eigenvalue weighted by Gasteiger charge is 2.33. The molecule has 0 aromatic heterocycles. The lowest BCUT2D eigenvalue weighted by molar-refractivity contribution is -0.123. The molecule has 1 aliphatic rings. The third-order valence-electron chi connectivity index (χ3n) is 3.94. The number of para-hydroxylation sites is 1. The molecule has 0 aliphatic carbocycles. The largest absolute Gasteiger partial charge is 0.504 e. The van der Waals surface area contributed by atoms with Crippen LogP contribution in [-0.2, 0) is 11.3 Å². The molecule has 3 amide bonds. The summed E-state index contributed by atoms with van der Waals surface area (Å²) in [6.45, 7) is 2.14. The molecule has 6 nitrogen and oxygen atoms in total. The minimum Gasteiger partial charge on any atom is -0.504 e. The van der Waals surface area contributed by atoms with E-state index < -0.39 is 11.9 Å². The Morgan fingerprint density at radius 3 is 2.68 bits per heavy atom. The summed E-state index contributed by atoms with van der Waals surface area (Å²) in [7, 11) is 1.44. The fourth-order valence-corrected chi connectivity index (χ4v) is 2.68. The average molecular weight is 338 g/mol. The van der Waals surface area contributed by atoms with Crippen molar-refractivity contribution in [2.24, 2.45) is 0 Å². The predicted molar refractivity (Wildman–Crippen MR) is 92.9 cm³/mol. The highest BCUT2D eigenvalue weighted by Crippen LogP contribution is 2.31. The number of carbonyl (C=O) groups is 2. The molecule has 3 rings (SSSR count). The van der Waals surface area contributed by atoms with Crippen molar-refractivity contribution < 1.29 is 19.4 Å². The topological polar surface area (TPSA) is 78.9 Å². The maximum Gasteiger partial charge on any atom is 0.329 e. The molecule has 1 saturated heterocycles. The van der Waals surface area contributed by atoms with Crippen LogP contribution in [0.15, 0.2) is 48.2 Å². The van der Waals surface area contributed by atoms with Crippen LogP contribution in [0.3, 0.4) is 0 Å². The van der Waals surface area contributed by atoms with E-state index in [9.17, 15) is 14.7 Å². The Balaban J connectivity index is 1.86. The van der Waals surface area contributed by atoms with E-state index in [-0.39, 0.29) is 18.0 Å². The summed E-state index contributed by atoms with van der Waals surface area (Å²) < 4.78 is 5.05. The Labute approximate surface area is 145 Å². The maximum atomic E-state index is 12.5. The Morgan fingerprint density at radius 2 is 1.96 bits per heavy atom. The summed E-state index contributed by atoms with van der Waals surface area (Å²) in [6, 6.07) is 12.1. The lowest BCUT2D eigenvalue weighted by atomic mass is 10.1. The summed E-state index contributed by atoms with van der Waals surface area (Å²) in [5, 5.41) is 12.7. The van der Waals surface area contributed by atoms with Crippen LogP contribution in [0, 0.1) is 6.92 Å². The first-order chi connectivity index (χ1) is 12.0. The number of ether oxygens (including phenoxy) is 1. The molecule has 1 aliphatic heterocycles. The van der Waals surface area contributed by atoms with Gasteiger partial charge in [0.25, 0.3) is 5.91 Å². The van der Waals surface area contributed by atoms with Crippen LogP contribution in [0.1, 0.15) is 16.7 Å². The molecule has 6 heteroatoms. The monoisotopic (exact) mass is 338 g/mol. The van der Waals surface area contributed by atoms with Gasteiger partial charge in [-0.1, -0.05) is 42.0 Å². The minimum absolute atomic E-state index is 0.0864. The predicted octanol–water partition coefficient (Wildman–Crippen LogP) is 2.80. The zero-order valence-electron chi connectivity index (χ0n) is 13.9. The molecule has 1 fully saturated rings. The lowest BCUT2D eigenvalue weighted by Gasteiger charge is -2.12. The quantitative estimate of drug-likeness (QED) is 0.664. The van der Waals surface area contributed by atoms with Crippen LogP contribution in [0.5, 0.6) is 11.5 Å².